The molecule has 0 fully saturated rings. The van der Waals surface area contributed by atoms with Crippen LogP contribution in [-0.4, -0.2) is 25.5 Å². The van der Waals surface area contributed by atoms with Crippen LogP contribution in [0.15, 0.2) is 67.0 Å². The van der Waals surface area contributed by atoms with Crippen molar-refractivity contribution < 1.29 is 18.0 Å². The molecule has 29 heavy (non-hydrogen) atoms. The summed E-state index contributed by atoms with van der Waals surface area (Å²) < 4.78 is 41.4. The van der Waals surface area contributed by atoms with Crippen LogP contribution in [0, 0.1) is 0 Å². The second kappa shape index (κ2) is 7.34. The molecule has 3 aromatic heterocycles. The van der Waals surface area contributed by atoms with Crippen LogP contribution in [0.1, 0.15) is 21.7 Å². The predicted octanol–water partition coefficient (Wildman–Crippen LogP) is 3.74. The van der Waals surface area contributed by atoms with E-state index in [9.17, 15) is 18.0 Å². The SMILES string of the molecule is O=C(NCc1ccccc1)c1cc2nc(-c3cccnc3)cc(C(F)(F)F)n2n1. The second-order valence-electron chi connectivity index (χ2n) is 6.23. The number of carbonyl (C=O) groups excluding carboxylic acids is 1. The smallest absolute Gasteiger partial charge is 0.347 e. The molecule has 3 heterocycles. The lowest BCUT2D eigenvalue weighted by atomic mass is 10.2. The highest BCUT2D eigenvalue weighted by Gasteiger charge is 2.35. The summed E-state index contributed by atoms with van der Waals surface area (Å²) in [6.07, 6.45) is -1.74. The van der Waals surface area contributed by atoms with Crippen molar-refractivity contribution in [3.8, 4) is 11.3 Å². The number of pyridine rings is 1. The largest absolute Gasteiger partial charge is 0.433 e. The number of halogens is 3. The summed E-state index contributed by atoms with van der Waals surface area (Å²) in [6.45, 7) is 0.230. The molecule has 4 rings (SSSR count). The molecular formula is C20H14F3N5O. The second-order valence-corrected chi connectivity index (χ2v) is 6.23. The molecule has 1 amide bonds. The summed E-state index contributed by atoms with van der Waals surface area (Å²) in [5, 5.41) is 6.48. The van der Waals surface area contributed by atoms with E-state index in [2.05, 4.69) is 20.4 Å². The number of fused-ring (bicyclic) bond motifs is 1. The van der Waals surface area contributed by atoms with Gasteiger partial charge in [-0.15, -0.1) is 0 Å². The molecule has 6 nitrogen and oxygen atoms in total. The van der Waals surface area contributed by atoms with Crippen LogP contribution in [0.25, 0.3) is 16.9 Å². The summed E-state index contributed by atoms with van der Waals surface area (Å²) in [7, 11) is 0. The Morgan fingerprint density at radius 1 is 1.07 bits per heavy atom. The number of benzene rings is 1. The minimum absolute atomic E-state index is 0.0801. The highest BCUT2D eigenvalue weighted by atomic mass is 19.4. The van der Waals surface area contributed by atoms with Gasteiger partial charge in [0.25, 0.3) is 5.91 Å². The van der Waals surface area contributed by atoms with Crippen molar-refractivity contribution in [2.75, 3.05) is 0 Å². The van der Waals surface area contributed by atoms with Gasteiger partial charge in [-0.25, -0.2) is 9.50 Å². The van der Waals surface area contributed by atoms with Gasteiger partial charge in [-0.1, -0.05) is 30.3 Å². The lowest BCUT2D eigenvalue weighted by molar-refractivity contribution is -0.142. The van der Waals surface area contributed by atoms with E-state index in [0.717, 1.165) is 11.6 Å². The quantitative estimate of drug-likeness (QED) is 0.570. The molecule has 0 aliphatic rings. The van der Waals surface area contributed by atoms with Crippen molar-refractivity contribution >= 4 is 11.6 Å². The maximum absolute atomic E-state index is 13.6. The van der Waals surface area contributed by atoms with E-state index >= 15 is 0 Å². The van der Waals surface area contributed by atoms with E-state index in [0.29, 0.717) is 10.1 Å². The number of amides is 1. The average molecular weight is 397 g/mol. The van der Waals surface area contributed by atoms with Crippen LogP contribution in [0.2, 0.25) is 0 Å². The van der Waals surface area contributed by atoms with E-state index in [-0.39, 0.29) is 23.6 Å². The molecule has 0 bridgehead atoms. The van der Waals surface area contributed by atoms with Gasteiger partial charge in [0.2, 0.25) is 0 Å². The Morgan fingerprint density at radius 3 is 2.55 bits per heavy atom. The average Bonchev–Trinajstić information content (AvgIpc) is 3.16. The molecule has 0 atom stereocenters. The lowest BCUT2D eigenvalue weighted by Crippen LogP contribution is -2.23. The zero-order valence-corrected chi connectivity index (χ0v) is 14.9. The van der Waals surface area contributed by atoms with E-state index in [1.165, 1.54) is 18.5 Å². The zero-order chi connectivity index (χ0) is 20.4. The fraction of sp³-hybridized carbons (Fsp3) is 0.100. The Bertz CT molecular complexity index is 1160. The molecule has 0 aliphatic heterocycles. The summed E-state index contributed by atoms with van der Waals surface area (Å²) in [5.41, 5.74) is 0.123. The molecule has 0 spiro atoms. The minimum Gasteiger partial charge on any atom is -0.347 e. The van der Waals surface area contributed by atoms with Gasteiger partial charge in [0.15, 0.2) is 17.0 Å². The van der Waals surface area contributed by atoms with E-state index < -0.39 is 17.8 Å². The number of aromatic nitrogens is 4. The zero-order valence-electron chi connectivity index (χ0n) is 14.9. The molecule has 0 aliphatic carbocycles. The van der Waals surface area contributed by atoms with Gasteiger partial charge in [0.05, 0.1) is 5.69 Å². The van der Waals surface area contributed by atoms with Gasteiger partial charge in [0.1, 0.15) is 0 Å². The number of rotatable bonds is 4. The van der Waals surface area contributed by atoms with Crippen LogP contribution in [0.5, 0.6) is 0 Å². The van der Waals surface area contributed by atoms with Crippen molar-refractivity contribution in [1.29, 1.82) is 0 Å². The fourth-order valence-corrected chi connectivity index (χ4v) is 2.82. The molecule has 0 saturated carbocycles. The van der Waals surface area contributed by atoms with Crippen LogP contribution in [0.3, 0.4) is 0 Å². The molecule has 4 aromatic rings. The number of alkyl halides is 3. The third-order valence-electron chi connectivity index (χ3n) is 4.20. The fourth-order valence-electron chi connectivity index (χ4n) is 2.82. The standard InChI is InChI=1S/C20H14F3N5O/c21-20(22,23)17-9-15(14-7-4-8-24-12-14)26-18-10-16(27-28(17)18)19(29)25-11-13-5-2-1-3-6-13/h1-10,12H,11H2,(H,25,29). The molecule has 1 N–H and O–H groups in total. The molecule has 0 saturated heterocycles. The Labute approximate surface area is 163 Å². The number of nitrogens with zero attached hydrogens (tertiary/aromatic N) is 4. The Hall–Kier alpha value is -3.75. The summed E-state index contributed by atoms with van der Waals surface area (Å²) >= 11 is 0. The van der Waals surface area contributed by atoms with E-state index in [4.69, 9.17) is 0 Å². The molecule has 0 unspecified atom stereocenters. The maximum Gasteiger partial charge on any atom is 0.433 e. The number of hydrogen-bond donors (Lipinski definition) is 1. The third kappa shape index (κ3) is 3.93. The summed E-state index contributed by atoms with van der Waals surface area (Å²) in [6, 6.07) is 14.5. The number of nitrogens with one attached hydrogen (secondary N) is 1. The molecule has 9 heteroatoms. The summed E-state index contributed by atoms with van der Waals surface area (Å²) in [5.74, 6) is -0.588. The van der Waals surface area contributed by atoms with Crippen molar-refractivity contribution in [2.24, 2.45) is 0 Å². The molecule has 1 aromatic carbocycles. The first-order chi connectivity index (χ1) is 13.9. The van der Waals surface area contributed by atoms with Crippen molar-refractivity contribution in [3.05, 3.63) is 83.9 Å². The van der Waals surface area contributed by atoms with Crippen molar-refractivity contribution in [3.63, 3.8) is 0 Å². The monoisotopic (exact) mass is 397 g/mol. The van der Waals surface area contributed by atoms with Crippen LogP contribution >= 0.6 is 0 Å². The third-order valence-corrected chi connectivity index (χ3v) is 4.20. The molecule has 146 valence electrons. The highest BCUT2D eigenvalue weighted by molar-refractivity contribution is 5.93. The first-order valence-electron chi connectivity index (χ1n) is 8.62. The molecule has 0 radical (unpaired) electrons. The van der Waals surface area contributed by atoms with Crippen LogP contribution in [-0.2, 0) is 12.7 Å². The van der Waals surface area contributed by atoms with Gasteiger partial charge in [-0.2, -0.15) is 18.3 Å². The van der Waals surface area contributed by atoms with Crippen molar-refractivity contribution in [1.82, 2.24) is 24.9 Å². The Balaban J connectivity index is 1.71. The first kappa shape index (κ1) is 18.6. The Morgan fingerprint density at radius 2 is 1.86 bits per heavy atom. The van der Waals surface area contributed by atoms with E-state index in [1.54, 1.807) is 12.1 Å². The van der Waals surface area contributed by atoms with Gasteiger partial charge in [0, 0.05) is 30.6 Å². The number of carbonyl (C=O) groups is 1. The van der Waals surface area contributed by atoms with Gasteiger partial charge in [-0.3, -0.25) is 9.78 Å². The lowest BCUT2D eigenvalue weighted by Gasteiger charge is -2.10. The van der Waals surface area contributed by atoms with Gasteiger partial charge >= 0.3 is 6.18 Å². The predicted molar refractivity (Wildman–Crippen MR) is 98.8 cm³/mol. The highest BCUT2D eigenvalue weighted by Crippen LogP contribution is 2.32. The van der Waals surface area contributed by atoms with Crippen LogP contribution < -0.4 is 5.32 Å². The van der Waals surface area contributed by atoms with Crippen LogP contribution in [0.4, 0.5) is 13.2 Å². The van der Waals surface area contributed by atoms with Crippen molar-refractivity contribution in [2.45, 2.75) is 12.7 Å². The van der Waals surface area contributed by atoms with E-state index in [1.807, 2.05) is 30.3 Å². The summed E-state index contributed by atoms with van der Waals surface area (Å²) in [4.78, 5) is 20.5. The minimum atomic E-state index is -4.68. The normalized spacial score (nSPS) is 11.6. The first-order valence-corrected chi connectivity index (χ1v) is 8.62. The van der Waals surface area contributed by atoms with Gasteiger partial charge < -0.3 is 5.32 Å². The van der Waals surface area contributed by atoms with Gasteiger partial charge in [-0.05, 0) is 23.8 Å². The maximum atomic E-state index is 13.6. The molecular weight excluding hydrogens is 383 g/mol. The number of hydrogen-bond acceptors (Lipinski definition) is 4. The topological polar surface area (TPSA) is 72.2 Å². The Kier molecular flexibility index (Phi) is 4.71.